The van der Waals surface area contributed by atoms with E-state index in [1.54, 1.807) is 14.0 Å². The second kappa shape index (κ2) is 6.53. The summed E-state index contributed by atoms with van der Waals surface area (Å²) in [6.45, 7) is 3.66. The Labute approximate surface area is 127 Å². The zero-order chi connectivity index (χ0) is 15.4. The molecule has 2 N–H and O–H groups in total. The van der Waals surface area contributed by atoms with E-state index in [0.29, 0.717) is 5.69 Å². The number of hydrogen-bond donors (Lipinski definition) is 2. The van der Waals surface area contributed by atoms with Crippen LogP contribution in [0.4, 0.5) is 0 Å². The largest absolute Gasteiger partial charge is 0.496 e. The second-order valence-electron chi connectivity index (χ2n) is 4.59. The number of methoxy groups -OCH3 is 1. The number of ether oxygens (including phenoxy) is 1. The molecule has 0 saturated carbocycles. The van der Waals surface area contributed by atoms with Crippen LogP contribution in [-0.2, 0) is 0 Å². The minimum absolute atomic E-state index is 0.101. The third-order valence-corrected chi connectivity index (χ3v) is 3.52. The Morgan fingerprint density at radius 2 is 2.19 bits per heavy atom. The zero-order valence-electron chi connectivity index (χ0n) is 12.2. The minimum Gasteiger partial charge on any atom is -0.496 e. The van der Waals surface area contributed by atoms with Gasteiger partial charge in [0, 0.05) is 5.56 Å². The van der Waals surface area contributed by atoms with Crippen molar-refractivity contribution in [2.45, 2.75) is 26.3 Å². The van der Waals surface area contributed by atoms with Gasteiger partial charge in [-0.1, -0.05) is 25.1 Å². The number of H-pyrrole nitrogens is 1. The predicted molar refractivity (Wildman–Crippen MR) is 83.8 cm³/mol. The highest BCUT2D eigenvalue weighted by Crippen LogP contribution is 2.27. The van der Waals surface area contributed by atoms with Crippen molar-refractivity contribution < 1.29 is 4.74 Å². The molecule has 0 spiro atoms. The Morgan fingerprint density at radius 3 is 2.86 bits per heavy atom. The molecule has 1 heterocycles. The summed E-state index contributed by atoms with van der Waals surface area (Å²) >= 11 is 5.13. The van der Waals surface area contributed by atoms with E-state index in [4.69, 9.17) is 17.0 Å². The summed E-state index contributed by atoms with van der Waals surface area (Å²) in [6.07, 6.45) is 0.767. The molecule has 0 radical (unpaired) electrons. The molecule has 6 nitrogen and oxygen atoms in total. The van der Waals surface area contributed by atoms with Crippen molar-refractivity contribution in [1.82, 2.24) is 14.9 Å². The van der Waals surface area contributed by atoms with Crippen molar-refractivity contribution in [3.63, 3.8) is 0 Å². The van der Waals surface area contributed by atoms with Crippen LogP contribution < -0.4 is 15.7 Å². The molecule has 21 heavy (non-hydrogen) atoms. The van der Waals surface area contributed by atoms with Gasteiger partial charge in [-0.2, -0.15) is 9.77 Å². The fraction of sp³-hybridized carbons (Fsp3) is 0.357. The Bertz CT molecular complexity index is 738. The standard InChI is InChI=1S/C14H18N4O2S/c1-4-11(10-7-5-6-8-12(10)20-3)17-18-13(19)9(2)15-16-14(18)21/h5-8,11,17H,4H2,1-3H3,(H,16,21)/t11-/m0/s1. The number of para-hydroxylation sites is 1. The smallest absolute Gasteiger partial charge is 0.294 e. The highest BCUT2D eigenvalue weighted by molar-refractivity contribution is 7.71. The van der Waals surface area contributed by atoms with Gasteiger partial charge in [-0.3, -0.25) is 9.89 Å². The van der Waals surface area contributed by atoms with Gasteiger partial charge >= 0.3 is 0 Å². The van der Waals surface area contributed by atoms with Crippen LogP contribution in [0.5, 0.6) is 5.75 Å². The van der Waals surface area contributed by atoms with E-state index in [1.165, 1.54) is 4.68 Å². The molecule has 1 atom stereocenters. The number of aromatic amines is 1. The number of rotatable bonds is 5. The Balaban J connectivity index is 2.43. The molecule has 0 fully saturated rings. The second-order valence-corrected chi connectivity index (χ2v) is 4.97. The van der Waals surface area contributed by atoms with Gasteiger partial charge in [0.15, 0.2) is 0 Å². The maximum absolute atomic E-state index is 12.1. The van der Waals surface area contributed by atoms with Gasteiger partial charge in [-0.15, -0.1) is 0 Å². The molecule has 0 amide bonds. The number of hydrogen-bond acceptors (Lipinski definition) is 5. The van der Waals surface area contributed by atoms with Gasteiger partial charge < -0.3 is 10.2 Å². The lowest BCUT2D eigenvalue weighted by Gasteiger charge is -2.21. The summed E-state index contributed by atoms with van der Waals surface area (Å²) < 4.78 is 6.93. The average molecular weight is 306 g/mol. The predicted octanol–water partition coefficient (Wildman–Crippen LogP) is 2.31. The Hall–Kier alpha value is -2.15. The van der Waals surface area contributed by atoms with Crippen LogP contribution in [0.15, 0.2) is 29.1 Å². The lowest BCUT2D eigenvalue weighted by atomic mass is 10.0. The number of nitrogens with zero attached hydrogens (tertiary/aromatic N) is 2. The van der Waals surface area contributed by atoms with Crippen molar-refractivity contribution in [2.24, 2.45) is 0 Å². The Kier molecular flexibility index (Phi) is 4.74. The summed E-state index contributed by atoms with van der Waals surface area (Å²) in [6, 6.07) is 7.59. The van der Waals surface area contributed by atoms with Crippen LogP contribution in [0.2, 0.25) is 0 Å². The van der Waals surface area contributed by atoms with Gasteiger partial charge in [0.1, 0.15) is 11.4 Å². The zero-order valence-corrected chi connectivity index (χ0v) is 13.0. The summed E-state index contributed by atoms with van der Waals surface area (Å²) in [5, 5.41) is 6.50. The molecule has 0 bridgehead atoms. The van der Waals surface area contributed by atoms with E-state index in [-0.39, 0.29) is 16.4 Å². The van der Waals surface area contributed by atoms with E-state index in [9.17, 15) is 4.79 Å². The minimum atomic E-state index is -0.257. The molecule has 1 aromatic heterocycles. The molecule has 0 aliphatic heterocycles. The van der Waals surface area contributed by atoms with Gasteiger partial charge in [0.25, 0.3) is 5.56 Å². The Morgan fingerprint density at radius 1 is 1.48 bits per heavy atom. The van der Waals surface area contributed by atoms with E-state index < -0.39 is 0 Å². The average Bonchev–Trinajstić information content (AvgIpc) is 2.51. The summed E-state index contributed by atoms with van der Waals surface area (Å²) in [4.78, 5) is 12.1. The highest BCUT2D eigenvalue weighted by Gasteiger charge is 2.15. The van der Waals surface area contributed by atoms with E-state index in [0.717, 1.165) is 17.7 Å². The fourth-order valence-electron chi connectivity index (χ4n) is 2.09. The molecule has 1 aromatic carbocycles. The summed E-state index contributed by atoms with van der Waals surface area (Å²) in [5.41, 5.74) is 4.21. The van der Waals surface area contributed by atoms with Crippen LogP contribution in [0.3, 0.4) is 0 Å². The van der Waals surface area contributed by atoms with Crippen LogP contribution >= 0.6 is 12.2 Å². The van der Waals surface area contributed by atoms with E-state index in [2.05, 4.69) is 15.6 Å². The molecule has 0 aliphatic carbocycles. The normalized spacial score (nSPS) is 12.0. The first-order valence-corrected chi connectivity index (χ1v) is 7.07. The van der Waals surface area contributed by atoms with Crippen LogP contribution in [-0.4, -0.2) is 22.0 Å². The summed E-state index contributed by atoms with van der Waals surface area (Å²) in [7, 11) is 1.63. The van der Waals surface area contributed by atoms with Crippen molar-refractivity contribution in [2.75, 3.05) is 12.5 Å². The number of aryl methyl sites for hydroxylation is 1. The van der Waals surface area contributed by atoms with Crippen molar-refractivity contribution >= 4 is 12.2 Å². The van der Waals surface area contributed by atoms with E-state index >= 15 is 0 Å². The molecule has 0 saturated heterocycles. The molecule has 2 rings (SSSR count). The molecule has 0 unspecified atom stereocenters. The first-order valence-electron chi connectivity index (χ1n) is 6.66. The molecule has 7 heteroatoms. The maximum Gasteiger partial charge on any atom is 0.294 e. The molecule has 112 valence electrons. The fourth-order valence-corrected chi connectivity index (χ4v) is 2.27. The molecular weight excluding hydrogens is 288 g/mol. The van der Waals surface area contributed by atoms with Gasteiger partial charge in [0.05, 0.1) is 13.2 Å². The highest BCUT2D eigenvalue weighted by atomic mass is 32.1. The van der Waals surface area contributed by atoms with Gasteiger partial charge in [0.2, 0.25) is 4.77 Å². The molecule has 0 aliphatic rings. The van der Waals surface area contributed by atoms with Gasteiger partial charge in [-0.05, 0) is 31.6 Å². The number of aromatic nitrogens is 3. The number of benzene rings is 1. The van der Waals surface area contributed by atoms with Gasteiger partial charge in [-0.25, -0.2) is 0 Å². The number of nitrogens with one attached hydrogen (secondary N) is 2. The van der Waals surface area contributed by atoms with Crippen molar-refractivity contribution in [3.8, 4) is 5.75 Å². The lowest BCUT2D eigenvalue weighted by molar-refractivity contribution is 0.404. The van der Waals surface area contributed by atoms with E-state index in [1.807, 2.05) is 31.2 Å². The first-order chi connectivity index (χ1) is 10.1. The maximum atomic E-state index is 12.1. The van der Waals surface area contributed by atoms with Crippen molar-refractivity contribution in [1.29, 1.82) is 0 Å². The summed E-state index contributed by atoms with van der Waals surface area (Å²) in [5.74, 6) is 0.769. The first kappa shape index (κ1) is 15.2. The third-order valence-electron chi connectivity index (χ3n) is 3.24. The monoisotopic (exact) mass is 306 g/mol. The SMILES string of the molecule is CC[C@H](Nn1c(=S)[nH]nc(C)c1=O)c1ccccc1OC. The topological polar surface area (TPSA) is 71.9 Å². The van der Waals surface area contributed by atoms with Crippen molar-refractivity contribution in [3.05, 3.63) is 50.6 Å². The molecular formula is C14H18N4O2S. The van der Waals surface area contributed by atoms with Crippen LogP contribution in [0, 0.1) is 11.7 Å². The third kappa shape index (κ3) is 3.13. The molecule has 2 aromatic rings. The van der Waals surface area contributed by atoms with Crippen LogP contribution in [0.25, 0.3) is 0 Å². The quantitative estimate of drug-likeness (QED) is 0.829. The van der Waals surface area contributed by atoms with Crippen LogP contribution in [0.1, 0.15) is 30.6 Å². The lowest BCUT2D eigenvalue weighted by Crippen LogP contribution is -2.35.